The molecule has 2 aliphatic rings. The lowest BCUT2D eigenvalue weighted by Gasteiger charge is -2.21. The highest BCUT2D eigenvalue weighted by atomic mass is 19.1. The lowest BCUT2D eigenvalue weighted by atomic mass is 9.98. The van der Waals surface area contributed by atoms with E-state index < -0.39 is 5.82 Å². The first-order valence-corrected chi connectivity index (χ1v) is 11.9. The molecule has 0 bridgehead atoms. The van der Waals surface area contributed by atoms with Crippen LogP contribution < -0.4 is 10.2 Å². The molecule has 0 unspecified atom stereocenters. The number of nitrogens with one attached hydrogen (secondary N) is 1. The Morgan fingerprint density at radius 2 is 1.88 bits per heavy atom. The van der Waals surface area contributed by atoms with Crippen LogP contribution in [0, 0.1) is 11.7 Å². The van der Waals surface area contributed by atoms with Gasteiger partial charge in [0.2, 0.25) is 0 Å². The molecule has 1 saturated heterocycles. The molecule has 7 heteroatoms. The number of carbonyl (C=O) groups is 1. The van der Waals surface area contributed by atoms with Crippen molar-refractivity contribution in [3.63, 3.8) is 0 Å². The molecule has 1 heterocycles. The summed E-state index contributed by atoms with van der Waals surface area (Å²) < 4.78 is 32.1. The minimum Gasteiger partial charge on any atom is -0.491 e. The third-order valence-corrected chi connectivity index (χ3v) is 6.26. The van der Waals surface area contributed by atoms with Crippen molar-refractivity contribution in [1.29, 1.82) is 0 Å². The smallest absolute Gasteiger partial charge is 0.335 e. The Bertz CT molecular complexity index is 938. The van der Waals surface area contributed by atoms with Crippen LogP contribution in [0.4, 0.5) is 10.1 Å². The van der Waals surface area contributed by atoms with Crippen LogP contribution in [0.25, 0.3) is 11.1 Å². The first-order valence-electron chi connectivity index (χ1n) is 11.9. The van der Waals surface area contributed by atoms with Crippen LogP contribution in [-0.2, 0) is 25.7 Å². The van der Waals surface area contributed by atoms with Gasteiger partial charge < -0.3 is 19.0 Å². The Morgan fingerprint density at radius 3 is 2.64 bits per heavy atom. The molecule has 1 aliphatic carbocycles. The number of anilines is 1. The van der Waals surface area contributed by atoms with E-state index in [1.807, 2.05) is 19.1 Å². The fourth-order valence-electron chi connectivity index (χ4n) is 4.41. The second-order valence-corrected chi connectivity index (χ2v) is 8.55. The Morgan fingerprint density at radius 1 is 1.09 bits per heavy atom. The number of halogens is 1. The SMILES string of the molecule is CCOc1cccc(-c2ccc(NOC(=O)C3CCOCC3)cc2COC2CCCC2)c1F. The number of benzene rings is 2. The summed E-state index contributed by atoms with van der Waals surface area (Å²) in [5.74, 6) is -0.619. The maximum absolute atomic E-state index is 15.2. The molecule has 0 aromatic heterocycles. The van der Waals surface area contributed by atoms with Crippen LogP contribution in [0.15, 0.2) is 36.4 Å². The van der Waals surface area contributed by atoms with Gasteiger partial charge in [0.15, 0.2) is 11.6 Å². The predicted octanol–water partition coefficient (Wildman–Crippen LogP) is 5.65. The zero-order chi connectivity index (χ0) is 23.0. The van der Waals surface area contributed by atoms with E-state index in [2.05, 4.69) is 5.48 Å². The summed E-state index contributed by atoms with van der Waals surface area (Å²) in [6, 6.07) is 10.6. The highest BCUT2D eigenvalue weighted by molar-refractivity contribution is 5.75. The average molecular weight is 458 g/mol. The van der Waals surface area contributed by atoms with Gasteiger partial charge in [0.25, 0.3) is 0 Å². The van der Waals surface area contributed by atoms with E-state index >= 15 is 4.39 Å². The van der Waals surface area contributed by atoms with Crippen molar-refractivity contribution in [2.24, 2.45) is 5.92 Å². The maximum Gasteiger partial charge on any atom is 0.335 e. The van der Waals surface area contributed by atoms with E-state index in [1.54, 1.807) is 24.3 Å². The molecule has 1 aliphatic heterocycles. The van der Waals surface area contributed by atoms with E-state index in [0.717, 1.165) is 24.0 Å². The molecule has 6 nitrogen and oxygen atoms in total. The monoisotopic (exact) mass is 457 g/mol. The summed E-state index contributed by atoms with van der Waals surface area (Å²) in [5, 5.41) is 0. The number of rotatable bonds is 9. The van der Waals surface area contributed by atoms with Gasteiger partial charge in [-0.15, -0.1) is 0 Å². The lowest BCUT2D eigenvalue weighted by Crippen LogP contribution is -2.26. The molecule has 1 saturated carbocycles. The lowest BCUT2D eigenvalue weighted by molar-refractivity contribution is -0.148. The standard InChI is InChI=1S/C26H32FNO5/c1-2-31-24-9-5-8-23(25(24)27)22-11-10-20(16-19(22)17-32-21-6-3-4-7-21)28-33-26(29)18-12-14-30-15-13-18/h5,8-11,16,18,21,28H,2-4,6-7,12-15,17H2,1H3. The molecule has 1 N–H and O–H groups in total. The molecule has 2 aromatic rings. The van der Waals surface area contributed by atoms with E-state index in [1.165, 1.54) is 12.8 Å². The molecule has 33 heavy (non-hydrogen) atoms. The van der Waals surface area contributed by atoms with E-state index in [9.17, 15) is 4.79 Å². The molecule has 2 aromatic carbocycles. The Hall–Kier alpha value is -2.64. The van der Waals surface area contributed by atoms with Crippen molar-refractivity contribution in [3.05, 3.63) is 47.8 Å². The largest absolute Gasteiger partial charge is 0.491 e. The number of carbonyl (C=O) groups excluding carboxylic acids is 1. The van der Waals surface area contributed by atoms with Crippen molar-refractivity contribution >= 4 is 11.7 Å². The number of hydrogen-bond donors (Lipinski definition) is 1. The molecular weight excluding hydrogens is 425 g/mol. The average Bonchev–Trinajstić information content (AvgIpc) is 3.37. The van der Waals surface area contributed by atoms with E-state index in [0.29, 0.717) is 50.5 Å². The van der Waals surface area contributed by atoms with Gasteiger partial charge in [-0.25, -0.2) is 14.7 Å². The zero-order valence-electron chi connectivity index (χ0n) is 19.1. The summed E-state index contributed by atoms with van der Waals surface area (Å²) in [4.78, 5) is 17.7. The highest BCUT2D eigenvalue weighted by Gasteiger charge is 2.24. The van der Waals surface area contributed by atoms with Crippen LogP contribution in [0.2, 0.25) is 0 Å². The molecule has 0 amide bonds. The van der Waals surface area contributed by atoms with Crippen LogP contribution in [0.1, 0.15) is 51.0 Å². The molecule has 2 fully saturated rings. The Balaban J connectivity index is 1.54. The third-order valence-electron chi connectivity index (χ3n) is 6.26. The van der Waals surface area contributed by atoms with Gasteiger partial charge in [0.05, 0.1) is 30.9 Å². The molecule has 0 atom stereocenters. The predicted molar refractivity (Wildman–Crippen MR) is 123 cm³/mol. The Kier molecular flexibility index (Phi) is 8.18. The molecule has 4 rings (SSSR count). The van der Waals surface area contributed by atoms with E-state index in [-0.39, 0.29) is 23.7 Å². The quantitative estimate of drug-likeness (QED) is 0.491. The van der Waals surface area contributed by atoms with Crippen molar-refractivity contribution in [3.8, 4) is 16.9 Å². The van der Waals surface area contributed by atoms with Gasteiger partial charge in [-0.1, -0.05) is 31.0 Å². The highest BCUT2D eigenvalue weighted by Crippen LogP contribution is 2.34. The normalized spacial score (nSPS) is 17.2. The minimum absolute atomic E-state index is 0.161. The van der Waals surface area contributed by atoms with Crippen LogP contribution >= 0.6 is 0 Å². The van der Waals surface area contributed by atoms with Gasteiger partial charge in [-0.3, -0.25) is 0 Å². The zero-order valence-corrected chi connectivity index (χ0v) is 19.1. The van der Waals surface area contributed by atoms with Crippen LogP contribution in [0.3, 0.4) is 0 Å². The summed E-state index contributed by atoms with van der Waals surface area (Å²) in [6.07, 6.45) is 5.98. The summed E-state index contributed by atoms with van der Waals surface area (Å²) in [7, 11) is 0. The topological polar surface area (TPSA) is 66.0 Å². The van der Waals surface area contributed by atoms with Crippen molar-refractivity contribution in [2.75, 3.05) is 25.3 Å². The molecule has 0 radical (unpaired) electrons. The molecule has 0 spiro atoms. The summed E-state index contributed by atoms with van der Waals surface area (Å²) >= 11 is 0. The third kappa shape index (κ3) is 6.03. The van der Waals surface area contributed by atoms with Crippen molar-refractivity contribution in [2.45, 2.75) is 58.2 Å². The summed E-state index contributed by atoms with van der Waals surface area (Å²) in [6.45, 7) is 3.71. The molecule has 178 valence electrons. The van der Waals surface area contributed by atoms with Gasteiger partial charge in [0.1, 0.15) is 0 Å². The summed E-state index contributed by atoms with van der Waals surface area (Å²) in [5.41, 5.74) is 5.39. The van der Waals surface area contributed by atoms with Gasteiger partial charge in [0, 0.05) is 18.8 Å². The minimum atomic E-state index is -0.395. The number of hydrogen-bond acceptors (Lipinski definition) is 6. The number of ether oxygens (including phenoxy) is 3. The van der Waals surface area contributed by atoms with Gasteiger partial charge >= 0.3 is 5.97 Å². The maximum atomic E-state index is 15.2. The van der Waals surface area contributed by atoms with E-state index in [4.69, 9.17) is 19.0 Å². The second-order valence-electron chi connectivity index (χ2n) is 8.55. The molecular formula is C26H32FNO5. The van der Waals surface area contributed by atoms with Crippen LogP contribution in [0.5, 0.6) is 5.75 Å². The van der Waals surface area contributed by atoms with Crippen molar-refractivity contribution < 1.29 is 28.2 Å². The van der Waals surface area contributed by atoms with Gasteiger partial charge in [-0.05, 0) is 61.9 Å². The van der Waals surface area contributed by atoms with Gasteiger partial charge in [-0.2, -0.15) is 0 Å². The first kappa shape index (κ1) is 23.5. The fraction of sp³-hybridized carbons (Fsp3) is 0.500. The first-order chi connectivity index (χ1) is 16.2. The van der Waals surface area contributed by atoms with Crippen molar-refractivity contribution in [1.82, 2.24) is 0 Å². The fourth-order valence-corrected chi connectivity index (χ4v) is 4.41. The van der Waals surface area contributed by atoms with Crippen LogP contribution in [-0.4, -0.2) is 31.9 Å². The Labute approximate surface area is 194 Å². The second kappa shape index (κ2) is 11.5.